The maximum Gasteiger partial charge on any atom is 0.277 e. The van der Waals surface area contributed by atoms with Gasteiger partial charge in [-0.1, -0.05) is 27.7 Å². The van der Waals surface area contributed by atoms with Crippen LogP contribution in [0.1, 0.15) is 6.92 Å². The maximum absolute atomic E-state index is 10.9. The van der Waals surface area contributed by atoms with E-state index in [0.717, 1.165) is 21.8 Å². The normalized spacial score (nSPS) is 12.3. The van der Waals surface area contributed by atoms with Gasteiger partial charge >= 0.3 is 0 Å². The molecule has 0 saturated heterocycles. The molecule has 7 heteroatoms. The molecule has 2 N–H and O–H groups in total. The summed E-state index contributed by atoms with van der Waals surface area (Å²) in [5.74, 6) is 0.00469. The van der Waals surface area contributed by atoms with Crippen LogP contribution >= 0.6 is 27.7 Å². The van der Waals surface area contributed by atoms with Crippen molar-refractivity contribution in [1.29, 1.82) is 0 Å². The van der Waals surface area contributed by atoms with Gasteiger partial charge in [0.1, 0.15) is 0 Å². The Balaban J connectivity index is 2.15. The van der Waals surface area contributed by atoms with Crippen LogP contribution in [0.3, 0.4) is 0 Å². The highest BCUT2D eigenvalue weighted by Crippen LogP contribution is 2.26. The Morgan fingerprint density at radius 1 is 1.39 bits per heavy atom. The van der Waals surface area contributed by atoms with Gasteiger partial charge in [-0.2, -0.15) is 0 Å². The van der Waals surface area contributed by atoms with E-state index in [2.05, 4.69) is 26.1 Å². The van der Waals surface area contributed by atoms with Crippen molar-refractivity contribution in [2.24, 2.45) is 5.73 Å². The standard InChI is InChI=1S/C11H10BrN3O2S/c1-6(9(13)16)18-11-15-14-10(17-11)7-2-4-8(12)5-3-7/h2-6H,1H3,(H2,13,16)/t6-/m0/s1. The molecule has 94 valence electrons. The summed E-state index contributed by atoms with van der Waals surface area (Å²) in [5, 5.41) is 7.72. The SMILES string of the molecule is C[C@H](Sc1nnc(-c2ccc(Br)cc2)o1)C(N)=O. The lowest BCUT2D eigenvalue weighted by Crippen LogP contribution is -2.22. The summed E-state index contributed by atoms with van der Waals surface area (Å²) >= 11 is 4.50. The number of nitrogens with two attached hydrogens (primary N) is 1. The molecule has 2 aromatic rings. The van der Waals surface area contributed by atoms with Crippen LogP contribution < -0.4 is 5.73 Å². The molecule has 0 aliphatic rings. The average molecular weight is 328 g/mol. The van der Waals surface area contributed by atoms with Crippen molar-refractivity contribution in [2.45, 2.75) is 17.4 Å². The first-order valence-corrected chi connectivity index (χ1v) is 6.79. The lowest BCUT2D eigenvalue weighted by Gasteiger charge is -2.00. The van der Waals surface area contributed by atoms with Crippen LogP contribution in [-0.4, -0.2) is 21.4 Å². The Morgan fingerprint density at radius 3 is 2.67 bits per heavy atom. The molecule has 0 radical (unpaired) electrons. The number of hydrogen-bond donors (Lipinski definition) is 1. The number of nitrogens with zero attached hydrogens (tertiary/aromatic N) is 2. The summed E-state index contributed by atoms with van der Waals surface area (Å²) in [6.07, 6.45) is 0. The summed E-state index contributed by atoms with van der Waals surface area (Å²) in [4.78, 5) is 10.9. The number of carbonyl (C=O) groups is 1. The molecule has 1 heterocycles. The van der Waals surface area contributed by atoms with Crippen LogP contribution in [0.2, 0.25) is 0 Å². The Hall–Kier alpha value is -1.34. The second kappa shape index (κ2) is 5.53. The van der Waals surface area contributed by atoms with E-state index in [1.54, 1.807) is 6.92 Å². The van der Waals surface area contributed by atoms with Crippen molar-refractivity contribution in [1.82, 2.24) is 10.2 Å². The Kier molecular flexibility index (Phi) is 4.03. The number of benzene rings is 1. The van der Waals surface area contributed by atoms with Crippen molar-refractivity contribution in [3.63, 3.8) is 0 Å². The summed E-state index contributed by atoms with van der Waals surface area (Å²) in [6, 6.07) is 7.50. The third-order valence-corrected chi connectivity index (χ3v) is 3.66. The molecule has 1 aromatic carbocycles. The minimum absolute atomic E-state index is 0.333. The van der Waals surface area contributed by atoms with Gasteiger partial charge in [0, 0.05) is 10.0 Å². The van der Waals surface area contributed by atoms with E-state index in [9.17, 15) is 4.79 Å². The van der Waals surface area contributed by atoms with E-state index in [1.165, 1.54) is 0 Å². The largest absolute Gasteiger partial charge is 0.411 e. The van der Waals surface area contributed by atoms with Crippen LogP contribution in [0.15, 0.2) is 38.4 Å². The molecule has 2 rings (SSSR count). The number of primary amides is 1. The van der Waals surface area contributed by atoms with Crippen LogP contribution in [0, 0.1) is 0 Å². The van der Waals surface area contributed by atoms with Gasteiger partial charge in [0.2, 0.25) is 11.8 Å². The van der Waals surface area contributed by atoms with Gasteiger partial charge < -0.3 is 10.2 Å². The van der Waals surface area contributed by atoms with E-state index in [-0.39, 0.29) is 0 Å². The van der Waals surface area contributed by atoms with Crippen molar-refractivity contribution >= 4 is 33.6 Å². The molecule has 0 fully saturated rings. The summed E-state index contributed by atoms with van der Waals surface area (Å²) in [7, 11) is 0. The van der Waals surface area contributed by atoms with Gasteiger partial charge in [-0.25, -0.2) is 0 Å². The molecule has 0 spiro atoms. The van der Waals surface area contributed by atoms with E-state index >= 15 is 0 Å². The molecule has 1 amide bonds. The minimum Gasteiger partial charge on any atom is -0.411 e. The van der Waals surface area contributed by atoms with Gasteiger partial charge in [0.15, 0.2) is 0 Å². The van der Waals surface area contributed by atoms with E-state index in [1.807, 2.05) is 24.3 Å². The molecule has 0 unspecified atom stereocenters. The first-order valence-electron chi connectivity index (χ1n) is 5.11. The third-order valence-electron chi connectivity index (χ3n) is 2.18. The van der Waals surface area contributed by atoms with Crippen LogP contribution in [0.4, 0.5) is 0 Å². The number of rotatable bonds is 4. The zero-order chi connectivity index (χ0) is 13.1. The molecule has 0 bridgehead atoms. The molecule has 0 saturated carbocycles. The van der Waals surface area contributed by atoms with E-state index in [0.29, 0.717) is 11.1 Å². The molecule has 0 aliphatic heterocycles. The second-order valence-corrected chi connectivity index (χ2v) is 5.75. The lowest BCUT2D eigenvalue weighted by molar-refractivity contribution is -0.117. The second-order valence-electron chi connectivity index (χ2n) is 3.54. The fourth-order valence-corrected chi connectivity index (χ4v) is 2.07. The van der Waals surface area contributed by atoms with Crippen LogP contribution in [0.5, 0.6) is 0 Å². The Morgan fingerprint density at radius 2 is 2.06 bits per heavy atom. The van der Waals surface area contributed by atoms with Gasteiger partial charge in [0.25, 0.3) is 5.22 Å². The quantitative estimate of drug-likeness (QED) is 0.872. The monoisotopic (exact) mass is 327 g/mol. The van der Waals surface area contributed by atoms with E-state index in [4.69, 9.17) is 10.2 Å². The summed E-state index contributed by atoms with van der Waals surface area (Å²) in [6.45, 7) is 1.69. The van der Waals surface area contributed by atoms with Gasteiger partial charge in [-0.3, -0.25) is 4.79 Å². The van der Waals surface area contributed by atoms with E-state index < -0.39 is 11.2 Å². The Labute approximate surface area is 116 Å². The number of hydrogen-bond acceptors (Lipinski definition) is 5. The predicted octanol–water partition coefficient (Wildman–Crippen LogP) is 2.47. The summed E-state index contributed by atoms with van der Waals surface area (Å²) < 4.78 is 6.42. The zero-order valence-electron chi connectivity index (χ0n) is 9.46. The number of aromatic nitrogens is 2. The Bertz CT molecular complexity index is 556. The number of carbonyl (C=O) groups excluding carboxylic acids is 1. The first kappa shape index (κ1) is 13.1. The van der Waals surface area contributed by atoms with Gasteiger partial charge in [0.05, 0.1) is 5.25 Å². The van der Waals surface area contributed by atoms with Crippen molar-refractivity contribution in [3.8, 4) is 11.5 Å². The zero-order valence-corrected chi connectivity index (χ0v) is 11.9. The molecular weight excluding hydrogens is 318 g/mol. The smallest absolute Gasteiger partial charge is 0.277 e. The van der Waals surface area contributed by atoms with Gasteiger partial charge in [-0.15, -0.1) is 10.2 Å². The lowest BCUT2D eigenvalue weighted by atomic mass is 10.2. The van der Waals surface area contributed by atoms with Crippen LogP contribution in [-0.2, 0) is 4.79 Å². The topological polar surface area (TPSA) is 82.0 Å². The first-order chi connectivity index (χ1) is 8.56. The number of amides is 1. The summed E-state index contributed by atoms with van der Waals surface area (Å²) in [5.41, 5.74) is 5.99. The molecule has 5 nitrogen and oxygen atoms in total. The highest BCUT2D eigenvalue weighted by atomic mass is 79.9. The molecule has 1 aromatic heterocycles. The predicted molar refractivity (Wildman–Crippen MR) is 71.9 cm³/mol. The highest BCUT2D eigenvalue weighted by molar-refractivity contribution is 9.10. The fraction of sp³-hybridized carbons (Fsp3) is 0.182. The molecule has 1 atom stereocenters. The highest BCUT2D eigenvalue weighted by Gasteiger charge is 2.16. The maximum atomic E-state index is 10.9. The molecular formula is C11H10BrN3O2S. The van der Waals surface area contributed by atoms with Crippen molar-refractivity contribution < 1.29 is 9.21 Å². The van der Waals surface area contributed by atoms with Crippen LogP contribution in [0.25, 0.3) is 11.5 Å². The van der Waals surface area contributed by atoms with Crippen molar-refractivity contribution in [3.05, 3.63) is 28.7 Å². The fourth-order valence-electron chi connectivity index (χ4n) is 1.18. The average Bonchev–Trinajstić information content (AvgIpc) is 2.78. The molecule has 18 heavy (non-hydrogen) atoms. The minimum atomic E-state index is -0.414. The van der Waals surface area contributed by atoms with Gasteiger partial charge in [-0.05, 0) is 31.2 Å². The number of thioether (sulfide) groups is 1. The third kappa shape index (κ3) is 3.11. The number of halogens is 1. The molecule has 0 aliphatic carbocycles. The van der Waals surface area contributed by atoms with Crippen molar-refractivity contribution in [2.75, 3.05) is 0 Å².